The molecule has 0 fully saturated rings. The second-order valence-electron chi connectivity index (χ2n) is 6.10. The van der Waals surface area contributed by atoms with Crippen molar-refractivity contribution in [2.24, 2.45) is 0 Å². The van der Waals surface area contributed by atoms with Crippen LogP contribution in [0.25, 0.3) is 0 Å². The minimum atomic E-state index is 0.338. The molecule has 0 saturated heterocycles. The molecular weight excluding hydrogens is 358 g/mol. The first-order chi connectivity index (χ1) is 13.5. The van der Waals surface area contributed by atoms with Crippen molar-refractivity contribution in [3.05, 3.63) is 47.7 Å². The van der Waals surface area contributed by atoms with Gasteiger partial charge in [-0.1, -0.05) is 18.2 Å². The lowest BCUT2D eigenvalue weighted by Gasteiger charge is -2.15. The van der Waals surface area contributed by atoms with Gasteiger partial charge in [0.25, 0.3) is 0 Å². The molecule has 1 heterocycles. The molecule has 0 amide bonds. The number of aromatic nitrogens is 3. The molecule has 2 N–H and O–H groups in total. The molecule has 0 unspecified atom stereocenters. The smallest absolute Gasteiger partial charge is 0.249 e. The molecule has 8 nitrogen and oxygen atoms in total. The van der Waals surface area contributed by atoms with Crippen LogP contribution < -0.4 is 24.8 Å². The van der Waals surface area contributed by atoms with E-state index in [9.17, 15) is 0 Å². The Morgan fingerprint density at radius 3 is 2.07 bits per heavy atom. The Morgan fingerprint density at radius 2 is 1.50 bits per heavy atom. The van der Waals surface area contributed by atoms with Crippen molar-refractivity contribution >= 4 is 23.1 Å². The van der Waals surface area contributed by atoms with E-state index in [-0.39, 0.29) is 0 Å². The van der Waals surface area contributed by atoms with E-state index in [2.05, 4.69) is 25.8 Å². The fourth-order valence-electron chi connectivity index (χ4n) is 2.84. The number of nitrogens with one attached hydrogen (secondary N) is 2. The van der Waals surface area contributed by atoms with Crippen LogP contribution in [0.5, 0.6) is 17.2 Å². The number of methoxy groups -OCH3 is 3. The van der Waals surface area contributed by atoms with Gasteiger partial charge in [-0.15, -0.1) is 5.10 Å². The lowest BCUT2D eigenvalue weighted by Crippen LogP contribution is -2.04. The lowest BCUT2D eigenvalue weighted by atomic mass is 10.1. The van der Waals surface area contributed by atoms with Crippen LogP contribution in [-0.4, -0.2) is 36.5 Å². The number of benzene rings is 2. The minimum absolute atomic E-state index is 0.338. The fourth-order valence-corrected chi connectivity index (χ4v) is 2.84. The van der Waals surface area contributed by atoms with E-state index in [1.165, 1.54) is 0 Å². The summed E-state index contributed by atoms with van der Waals surface area (Å²) in [6.07, 6.45) is 1.58. The number of aryl methyl sites for hydroxylation is 2. The molecule has 0 saturated carbocycles. The van der Waals surface area contributed by atoms with Crippen molar-refractivity contribution in [1.82, 2.24) is 15.2 Å². The second kappa shape index (κ2) is 8.43. The van der Waals surface area contributed by atoms with Gasteiger partial charge in [0, 0.05) is 23.5 Å². The first-order valence-electron chi connectivity index (χ1n) is 8.65. The maximum Gasteiger partial charge on any atom is 0.249 e. The second-order valence-corrected chi connectivity index (χ2v) is 6.10. The molecule has 0 aliphatic carbocycles. The molecule has 0 aliphatic heterocycles. The van der Waals surface area contributed by atoms with Gasteiger partial charge in [0.1, 0.15) is 0 Å². The molecule has 0 bridgehead atoms. The lowest BCUT2D eigenvalue weighted by molar-refractivity contribution is 0.324. The summed E-state index contributed by atoms with van der Waals surface area (Å²) in [6, 6.07) is 9.65. The quantitative estimate of drug-likeness (QED) is 0.635. The van der Waals surface area contributed by atoms with Crippen molar-refractivity contribution in [2.45, 2.75) is 13.8 Å². The van der Waals surface area contributed by atoms with E-state index >= 15 is 0 Å². The van der Waals surface area contributed by atoms with Gasteiger partial charge in [0.15, 0.2) is 17.3 Å². The number of hydrogen-bond donors (Lipinski definition) is 2. The van der Waals surface area contributed by atoms with E-state index in [1.807, 2.05) is 32.0 Å². The Morgan fingerprint density at radius 1 is 0.857 bits per heavy atom. The number of nitrogens with zero attached hydrogens (tertiary/aromatic N) is 3. The number of anilines is 4. The van der Waals surface area contributed by atoms with Crippen LogP contribution in [0.2, 0.25) is 0 Å². The van der Waals surface area contributed by atoms with Crippen LogP contribution in [0.4, 0.5) is 23.1 Å². The summed E-state index contributed by atoms with van der Waals surface area (Å²) in [7, 11) is 4.69. The molecule has 0 atom stereocenters. The maximum absolute atomic E-state index is 5.37. The predicted molar refractivity (Wildman–Crippen MR) is 108 cm³/mol. The van der Waals surface area contributed by atoms with Crippen LogP contribution in [0, 0.1) is 13.8 Å². The first-order valence-corrected chi connectivity index (χ1v) is 8.65. The van der Waals surface area contributed by atoms with E-state index in [0.717, 1.165) is 16.8 Å². The topological polar surface area (TPSA) is 90.4 Å². The van der Waals surface area contributed by atoms with E-state index in [0.29, 0.717) is 34.7 Å². The summed E-state index contributed by atoms with van der Waals surface area (Å²) in [5.41, 5.74) is 3.93. The van der Waals surface area contributed by atoms with Crippen LogP contribution in [-0.2, 0) is 0 Å². The average molecular weight is 381 g/mol. The summed E-state index contributed by atoms with van der Waals surface area (Å²) in [6.45, 7) is 4.08. The van der Waals surface area contributed by atoms with Crippen molar-refractivity contribution in [3.63, 3.8) is 0 Å². The van der Waals surface area contributed by atoms with Gasteiger partial charge in [-0.2, -0.15) is 10.1 Å². The standard InChI is InChI=1S/C20H23N5O3/c1-12-7-6-8-13(2)18(12)23-17-11-21-25-20(24-17)22-14-9-15(26-3)19(28-5)16(10-14)27-4/h6-11H,1-5H3,(H2,22,23,24,25). The normalized spacial score (nSPS) is 10.3. The average Bonchev–Trinajstić information content (AvgIpc) is 2.70. The van der Waals surface area contributed by atoms with Gasteiger partial charge < -0.3 is 24.8 Å². The highest BCUT2D eigenvalue weighted by Gasteiger charge is 2.14. The molecule has 0 radical (unpaired) electrons. The Labute approximate surface area is 163 Å². The zero-order chi connectivity index (χ0) is 20.1. The number of rotatable bonds is 7. The Hall–Kier alpha value is -3.55. The highest BCUT2D eigenvalue weighted by Crippen LogP contribution is 2.40. The number of ether oxygens (including phenoxy) is 3. The van der Waals surface area contributed by atoms with Gasteiger partial charge in [-0.25, -0.2) is 0 Å². The van der Waals surface area contributed by atoms with Gasteiger partial charge >= 0.3 is 0 Å². The third-order valence-corrected chi connectivity index (χ3v) is 4.21. The molecule has 3 rings (SSSR count). The van der Waals surface area contributed by atoms with Crippen LogP contribution in [0.1, 0.15) is 11.1 Å². The highest BCUT2D eigenvalue weighted by molar-refractivity contribution is 5.67. The zero-order valence-corrected chi connectivity index (χ0v) is 16.5. The molecule has 0 aliphatic rings. The molecule has 3 aromatic rings. The van der Waals surface area contributed by atoms with Crippen molar-refractivity contribution in [2.75, 3.05) is 32.0 Å². The molecule has 1 aromatic heterocycles. The Bertz CT molecular complexity index is 933. The monoisotopic (exact) mass is 381 g/mol. The molecule has 8 heteroatoms. The predicted octanol–water partition coefficient (Wildman–Crippen LogP) is 4.00. The number of para-hydroxylation sites is 1. The maximum atomic E-state index is 5.37. The summed E-state index contributed by atoms with van der Waals surface area (Å²) in [5.74, 6) is 2.50. The fraction of sp³-hybridized carbons (Fsp3) is 0.250. The Balaban J connectivity index is 1.87. The molecule has 28 heavy (non-hydrogen) atoms. The summed E-state index contributed by atoms with van der Waals surface area (Å²) in [4.78, 5) is 4.49. The van der Waals surface area contributed by atoms with Crippen LogP contribution in [0.15, 0.2) is 36.5 Å². The van der Waals surface area contributed by atoms with Crippen LogP contribution in [0.3, 0.4) is 0 Å². The van der Waals surface area contributed by atoms with Gasteiger partial charge in [0.05, 0.1) is 27.5 Å². The van der Waals surface area contributed by atoms with Gasteiger partial charge in [-0.3, -0.25) is 0 Å². The third kappa shape index (κ3) is 4.06. The summed E-state index contributed by atoms with van der Waals surface area (Å²) < 4.78 is 16.1. The van der Waals surface area contributed by atoms with E-state index in [4.69, 9.17) is 14.2 Å². The third-order valence-electron chi connectivity index (χ3n) is 4.21. The summed E-state index contributed by atoms with van der Waals surface area (Å²) >= 11 is 0. The zero-order valence-electron chi connectivity index (χ0n) is 16.5. The number of hydrogen-bond acceptors (Lipinski definition) is 8. The minimum Gasteiger partial charge on any atom is -0.493 e. The van der Waals surface area contributed by atoms with E-state index in [1.54, 1.807) is 39.7 Å². The largest absolute Gasteiger partial charge is 0.493 e. The molecule has 0 spiro atoms. The molecular formula is C20H23N5O3. The summed E-state index contributed by atoms with van der Waals surface area (Å²) in [5, 5.41) is 14.5. The van der Waals surface area contributed by atoms with Crippen molar-refractivity contribution in [3.8, 4) is 17.2 Å². The van der Waals surface area contributed by atoms with Crippen molar-refractivity contribution < 1.29 is 14.2 Å². The van der Waals surface area contributed by atoms with Crippen molar-refractivity contribution in [1.29, 1.82) is 0 Å². The Kier molecular flexibility index (Phi) is 5.78. The molecule has 2 aromatic carbocycles. The highest BCUT2D eigenvalue weighted by atomic mass is 16.5. The first kappa shape index (κ1) is 19.2. The van der Waals surface area contributed by atoms with E-state index < -0.39 is 0 Å². The van der Waals surface area contributed by atoms with Gasteiger partial charge in [-0.05, 0) is 25.0 Å². The van der Waals surface area contributed by atoms with Gasteiger partial charge in [0.2, 0.25) is 11.7 Å². The van der Waals surface area contributed by atoms with Crippen LogP contribution >= 0.6 is 0 Å². The molecule has 146 valence electrons. The SMILES string of the molecule is COc1cc(Nc2nncc(Nc3c(C)cccc3C)n2)cc(OC)c1OC.